The molecule has 0 radical (unpaired) electrons. The van der Waals surface area contributed by atoms with Crippen LogP contribution in [0.5, 0.6) is 11.8 Å². The number of aromatic nitrogens is 3. The molecule has 3 rings (SSSR count). The van der Waals surface area contributed by atoms with Crippen molar-refractivity contribution in [1.82, 2.24) is 14.5 Å². The predicted molar refractivity (Wildman–Crippen MR) is 112 cm³/mol. The third-order valence-corrected chi connectivity index (χ3v) is 6.81. The van der Waals surface area contributed by atoms with Crippen LogP contribution in [0.25, 0.3) is 11.3 Å². The summed E-state index contributed by atoms with van der Waals surface area (Å²) in [7, 11) is -2.17. The van der Waals surface area contributed by atoms with Gasteiger partial charge in [0.1, 0.15) is 5.56 Å². The van der Waals surface area contributed by atoms with Crippen molar-refractivity contribution in [3.8, 4) is 23.0 Å². The van der Waals surface area contributed by atoms with Crippen LogP contribution in [0.1, 0.15) is 25.1 Å². The van der Waals surface area contributed by atoms with Gasteiger partial charge in [-0.25, -0.2) is 12.8 Å². The molecule has 0 aliphatic carbocycles. The van der Waals surface area contributed by atoms with Crippen LogP contribution >= 0.6 is 0 Å². The molecule has 7 nitrogen and oxygen atoms in total. The molecule has 3 aromatic rings. The maximum atomic E-state index is 14.2. The lowest BCUT2D eigenvalue weighted by molar-refractivity contribution is -0.138. The second-order valence-electron chi connectivity index (χ2n) is 7.47. The van der Waals surface area contributed by atoms with E-state index in [-0.39, 0.29) is 16.9 Å². The number of alkyl halides is 3. The summed E-state index contributed by atoms with van der Waals surface area (Å²) in [4.78, 5) is 19.6. The van der Waals surface area contributed by atoms with Gasteiger partial charge in [0.2, 0.25) is 5.56 Å². The lowest BCUT2D eigenvalue weighted by atomic mass is 10.2. The number of sulfone groups is 1. The van der Waals surface area contributed by atoms with Crippen molar-refractivity contribution < 1.29 is 30.7 Å². The van der Waals surface area contributed by atoms with Crippen LogP contribution in [0.4, 0.5) is 17.6 Å². The molecular weight excluding hydrogens is 466 g/mol. The zero-order valence-corrected chi connectivity index (χ0v) is 18.5. The molecule has 0 aliphatic rings. The lowest BCUT2D eigenvalue weighted by Crippen LogP contribution is -2.17. The molecular formula is C21H19F4N3O4S. The fourth-order valence-electron chi connectivity index (χ4n) is 2.79. The van der Waals surface area contributed by atoms with Crippen LogP contribution in [-0.4, -0.2) is 28.2 Å². The molecule has 0 unspecified atom stereocenters. The SMILES string of the molecule is CC(C)S(=O)(=O)Cc1cc(-c2ccc(=O)n(C)c2)nc(Oc2c(F)cccc2C(F)(F)F)n1. The number of para-hydroxylation sites is 1. The molecule has 2 aromatic heterocycles. The Morgan fingerprint density at radius 1 is 1.12 bits per heavy atom. The van der Waals surface area contributed by atoms with Crippen molar-refractivity contribution in [1.29, 1.82) is 0 Å². The summed E-state index contributed by atoms with van der Waals surface area (Å²) in [6.07, 6.45) is -3.52. The van der Waals surface area contributed by atoms with Gasteiger partial charge in [-0.2, -0.15) is 23.1 Å². The van der Waals surface area contributed by atoms with Crippen molar-refractivity contribution >= 4 is 9.84 Å². The van der Waals surface area contributed by atoms with Crippen LogP contribution in [0.15, 0.2) is 47.4 Å². The maximum absolute atomic E-state index is 14.2. The number of hydrogen-bond donors (Lipinski definition) is 0. The molecule has 0 bridgehead atoms. The van der Waals surface area contributed by atoms with Crippen molar-refractivity contribution in [2.45, 2.75) is 31.0 Å². The highest BCUT2D eigenvalue weighted by Gasteiger charge is 2.36. The van der Waals surface area contributed by atoms with Crippen LogP contribution in [0.2, 0.25) is 0 Å². The van der Waals surface area contributed by atoms with Gasteiger partial charge in [0.15, 0.2) is 21.4 Å². The number of ether oxygens (including phenoxy) is 1. The summed E-state index contributed by atoms with van der Waals surface area (Å²) < 4.78 is 85.5. The maximum Gasteiger partial charge on any atom is 0.420 e. The average molecular weight is 485 g/mol. The summed E-state index contributed by atoms with van der Waals surface area (Å²) in [5.41, 5.74) is -1.35. The average Bonchev–Trinajstić information content (AvgIpc) is 2.70. The largest absolute Gasteiger partial charge is 0.420 e. The molecule has 0 N–H and O–H groups in total. The van der Waals surface area contributed by atoms with Gasteiger partial charge in [0.25, 0.3) is 0 Å². The molecule has 0 spiro atoms. The number of hydrogen-bond acceptors (Lipinski definition) is 6. The fourth-order valence-corrected chi connectivity index (χ4v) is 3.68. The van der Waals surface area contributed by atoms with Gasteiger partial charge >= 0.3 is 12.2 Å². The number of halogens is 4. The minimum absolute atomic E-state index is 0.0672. The molecule has 0 atom stereocenters. The Morgan fingerprint density at radius 2 is 1.82 bits per heavy atom. The first kappa shape index (κ1) is 24.4. The zero-order valence-electron chi connectivity index (χ0n) is 17.7. The number of benzene rings is 1. The van der Waals surface area contributed by atoms with E-state index < -0.39 is 50.2 Å². The van der Waals surface area contributed by atoms with Gasteiger partial charge in [0.05, 0.1) is 22.4 Å². The third-order valence-electron chi connectivity index (χ3n) is 4.67. The molecule has 0 saturated carbocycles. The quantitative estimate of drug-likeness (QED) is 0.488. The summed E-state index contributed by atoms with van der Waals surface area (Å²) in [6.45, 7) is 2.94. The molecule has 0 saturated heterocycles. The number of pyridine rings is 1. The molecule has 33 heavy (non-hydrogen) atoms. The summed E-state index contributed by atoms with van der Waals surface area (Å²) in [6, 6.07) is 5.59. The molecule has 12 heteroatoms. The molecule has 176 valence electrons. The number of aryl methyl sites for hydroxylation is 1. The highest BCUT2D eigenvalue weighted by Crippen LogP contribution is 2.39. The Kier molecular flexibility index (Phi) is 6.59. The van der Waals surface area contributed by atoms with E-state index in [0.717, 1.165) is 12.1 Å². The smallest absolute Gasteiger partial charge is 0.420 e. The van der Waals surface area contributed by atoms with Crippen molar-refractivity contribution in [3.05, 3.63) is 70.0 Å². The highest BCUT2D eigenvalue weighted by molar-refractivity contribution is 7.91. The van der Waals surface area contributed by atoms with Gasteiger partial charge in [-0.15, -0.1) is 0 Å². The van der Waals surface area contributed by atoms with Crippen molar-refractivity contribution in [3.63, 3.8) is 0 Å². The molecule has 1 aromatic carbocycles. The minimum atomic E-state index is -4.92. The minimum Gasteiger partial charge on any atom is -0.420 e. The molecule has 2 heterocycles. The van der Waals surface area contributed by atoms with Crippen LogP contribution < -0.4 is 10.3 Å². The lowest BCUT2D eigenvalue weighted by Gasteiger charge is -2.15. The van der Waals surface area contributed by atoms with Crippen LogP contribution in [-0.2, 0) is 28.8 Å². The second-order valence-corrected chi connectivity index (χ2v) is 10.0. The fraction of sp³-hybridized carbons (Fsp3) is 0.286. The van der Waals surface area contributed by atoms with E-state index in [2.05, 4.69) is 9.97 Å². The van der Waals surface area contributed by atoms with Crippen LogP contribution in [0.3, 0.4) is 0 Å². The van der Waals surface area contributed by atoms with Gasteiger partial charge in [-0.3, -0.25) is 4.79 Å². The topological polar surface area (TPSA) is 91.2 Å². The Labute approximate surface area is 186 Å². The van der Waals surface area contributed by atoms with Gasteiger partial charge in [-0.1, -0.05) is 6.07 Å². The molecule has 0 fully saturated rings. The van der Waals surface area contributed by atoms with Crippen LogP contribution in [0, 0.1) is 5.82 Å². The van der Waals surface area contributed by atoms with E-state index in [9.17, 15) is 30.8 Å². The van der Waals surface area contributed by atoms with Gasteiger partial charge in [0, 0.05) is 24.9 Å². The zero-order chi connectivity index (χ0) is 24.6. The van der Waals surface area contributed by atoms with Gasteiger partial charge in [-0.05, 0) is 38.1 Å². The highest BCUT2D eigenvalue weighted by atomic mass is 32.2. The van der Waals surface area contributed by atoms with E-state index in [1.807, 2.05) is 0 Å². The Hall–Kier alpha value is -3.28. The van der Waals surface area contributed by atoms with Crippen molar-refractivity contribution in [2.75, 3.05) is 0 Å². The Balaban J connectivity index is 2.17. The van der Waals surface area contributed by atoms with E-state index >= 15 is 0 Å². The summed E-state index contributed by atoms with van der Waals surface area (Å²) >= 11 is 0. The molecule has 0 amide bonds. The first-order chi connectivity index (χ1) is 15.3. The van der Waals surface area contributed by atoms with E-state index in [4.69, 9.17) is 4.74 Å². The van der Waals surface area contributed by atoms with Gasteiger partial charge < -0.3 is 9.30 Å². The Morgan fingerprint density at radius 3 is 2.42 bits per heavy atom. The first-order valence-corrected chi connectivity index (χ1v) is 11.3. The third kappa shape index (κ3) is 5.56. The first-order valence-electron chi connectivity index (χ1n) is 9.58. The van der Waals surface area contributed by atoms with E-state index in [1.54, 1.807) is 0 Å². The normalized spacial score (nSPS) is 12.2. The van der Waals surface area contributed by atoms with E-state index in [0.29, 0.717) is 11.6 Å². The summed E-state index contributed by atoms with van der Waals surface area (Å²) in [5, 5.41) is -0.749. The molecule has 0 aliphatic heterocycles. The summed E-state index contributed by atoms with van der Waals surface area (Å²) in [5.74, 6) is -2.98. The van der Waals surface area contributed by atoms with Crippen molar-refractivity contribution in [2.24, 2.45) is 7.05 Å². The number of nitrogens with zero attached hydrogens (tertiary/aromatic N) is 3. The monoisotopic (exact) mass is 485 g/mol. The Bertz CT molecular complexity index is 1350. The van der Waals surface area contributed by atoms with E-state index in [1.165, 1.54) is 49.9 Å². The second kappa shape index (κ2) is 8.93. The predicted octanol–water partition coefficient (Wildman–Crippen LogP) is 4.12. The standard InChI is InChI=1S/C21H19F4N3O4S/c1-12(2)33(30,31)11-14-9-17(13-7-8-18(29)28(3)10-13)27-20(26-14)32-19-15(21(23,24)25)5-4-6-16(19)22/h4-10,12H,11H2,1-3H3. The number of rotatable bonds is 6.